The standard InChI is InChI=1S/C60H45N3S/c1-40-20-28-44(29-21-40)60(45-30-22-41(2)23-31-45)54-16-8-6-14-50(54)51-37-36-49(38-55(51)60)62(47-32-24-42(25-33-47)53-39-64-58-19-11-7-15-52(53)58)48-34-26-43(27-35-48)59-61-56-17-9-10-18-57(56)63(59)46-12-4-3-5-13-46/h3-7,9-15,17-39H,8,16H2,1-2H3. The summed E-state index contributed by atoms with van der Waals surface area (Å²) in [4.78, 5) is 7.64. The van der Waals surface area contributed by atoms with E-state index in [2.05, 4.69) is 235 Å². The Morgan fingerprint density at radius 1 is 0.578 bits per heavy atom. The van der Waals surface area contributed by atoms with Gasteiger partial charge < -0.3 is 4.90 Å². The summed E-state index contributed by atoms with van der Waals surface area (Å²) in [6, 6.07) is 71.6. The van der Waals surface area contributed by atoms with Crippen molar-refractivity contribution in [3.63, 3.8) is 0 Å². The molecule has 0 radical (unpaired) electrons. The van der Waals surface area contributed by atoms with E-state index in [0.717, 1.165) is 58.0 Å². The molecule has 8 aromatic carbocycles. The topological polar surface area (TPSA) is 21.1 Å². The first-order valence-corrected chi connectivity index (χ1v) is 23.1. The Kier molecular flexibility index (Phi) is 9.17. The molecule has 0 N–H and O–H groups in total. The lowest BCUT2D eigenvalue weighted by Crippen LogP contribution is -2.30. The minimum absolute atomic E-state index is 0.442. The number of hydrogen-bond acceptors (Lipinski definition) is 3. The first-order chi connectivity index (χ1) is 31.5. The second-order valence-electron chi connectivity index (χ2n) is 17.2. The molecule has 10 aromatic rings. The Labute approximate surface area is 378 Å². The molecule has 0 fully saturated rings. The number of aromatic nitrogens is 2. The fraction of sp³-hybridized carbons (Fsp3) is 0.0833. The molecule has 3 nitrogen and oxygen atoms in total. The highest BCUT2D eigenvalue weighted by molar-refractivity contribution is 7.17. The molecule has 0 saturated heterocycles. The Balaban J connectivity index is 1.05. The second kappa shape index (κ2) is 15.4. The normalized spacial score (nSPS) is 14.0. The molecule has 2 aromatic heterocycles. The van der Waals surface area contributed by atoms with Crippen molar-refractivity contribution in [3.05, 3.63) is 251 Å². The number of fused-ring (bicyclic) bond motifs is 4. The third-order valence-corrected chi connectivity index (χ3v) is 14.4. The first-order valence-electron chi connectivity index (χ1n) is 22.2. The zero-order valence-corrected chi connectivity index (χ0v) is 36.7. The molecule has 0 amide bonds. The van der Waals surface area contributed by atoms with Crippen LogP contribution in [0.1, 0.15) is 46.2 Å². The van der Waals surface area contributed by atoms with E-state index in [-0.39, 0.29) is 0 Å². The van der Waals surface area contributed by atoms with E-state index in [0.29, 0.717) is 0 Å². The van der Waals surface area contributed by atoms with Crippen LogP contribution in [0.15, 0.2) is 217 Å². The predicted molar refractivity (Wildman–Crippen MR) is 270 cm³/mol. The fourth-order valence-corrected chi connectivity index (χ4v) is 11.3. The third-order valence-electron chi connectivity index (χ3n) is 13.4. The monoisotopic (exact) mass is 839 g/mol. The van der Waals surface area contributed by atoms with Crippen LogP contribution in [0.3, 0.4) is 0 Å². The number of anilines is 3. The van der Waals surface area contributed by atoms with Gasteiger partial charge in [0.25, 0.3) is 0 Å². The molecular formula is C60H45N3S. The van der Waals surface area contributed by atoms with Gasteiger partial charge >= 0.3 is 0 Å². The summed E-state index contributed by atoms with van der Waals surface area (Å²) in [5.74, 6) is 0.918. The van der Waals surface area contributed by atoms with Crippen LogP contribution in [0.5, 0.6) is 0 Å². The summed E-state index contributed by atoms with van der Waals surface area (Å²) in [5, 5.41) is 3.58. The molecule has 12 rings (SSSR count). The van der Waals surface area contributed by atoms with Gasteiger partial charge in [-0.1, -0.05) is 139 Å². The Morgan fingerprint density at radius 3 is 1.92 bits per heavy atom. The van der Waals surface area contributed by atoms with Gasteiger partial charge in [-0.25, -0.2) is 4.98 Å². The van der Waals surface area contributed by atoms with Gasteiger partial charge in [0, 0.05) is 44.0 Å². The molecule has 2 aliphatic carbocycles. The number of benzene rings is 8. The highest BCUT2D eigenvalue weighted by Gasteiger charge is 2.47. The molecule has 0 spiro atoms. The number of aryl methyl sites for hydroxylation is 2. The SMILES string of the molecule is Cc1ccc(C2(c3ccc(C)cc3)C3=C(C=CCC3)c3ccc(N(c4ccc(-c5csc6ccccc56)cc4)c4ccc(-c5nc6ccccc6n5-c5ccccc5)cc4)cc32)cc1. The van der Waals surface area contributed by atoms with Crippen molar-refractivity contribution in [2.75, 3.05) is 4.90 Å². The molecule has 2 aliphatic rings. The molecular weight excluding hydrogens is 795 g/mol. The maximum atomic E-state index is 5.20. The summed E-state index contributed by atoms with van der Waals surface area (Å²) in [7, 11) is 0. The molecule has 64 heavy (non-hydrogen) atoms. The van der Waals surface area contributed by atoms with Crippen LogP contribution in [0.25, 0.3) is 54.9 Å². The van der Waals surface area contributed by atoms with Crippen LogP contribution in [0, 0.1) is 13.8 Å². The van der Waals surface area contributed by atoms with Gasteiger partial charge in [-0.2, -0.15) is 0 Å². The maximum Gasteiger partial charge on any atom is 0.145 e. The summed E-state index contributed by atoms with van der Waals surface area (Å²) >= 11 is 1.80. The van der Waals surface area contributed by atoms with Crippen LogP contribution < -0.4 is 4.90 Å². The number of nitrogens with zero attached hydrogens (tertiary/aromatic N) is 3. The van der Waals surface area contributed by atoms with Crippen molar-refractivity contribution >= 4 is 55.1 Å². The maximum absolute atomic E-state index is 5.20. The van der Waals surface area contributed by atoms with Gasteiger partial charge in [-0.3, -0.25) is 4.57 Å². The summed E-state index contributed by atoms with van der Waals surface area (Å²) in [5.41, 5.74) is 20.2. The van der Waals surface area contributed by atoms with Crippen molar-refractivity contribution in [3.8, 4) is 28.2 Å². The van der Waals surface area contributed by atoms with Gasteiger partial charge in [-0.15, -0.1) is 11.3 Å². The van der Waals surface area contributed by atoms with Gasteiger partial charge in [0.05, 0.1) is 16.4 Å². The van der Waals surface area contributed by atoms with Gasteiger partial charge in [-0.05, 0) is 150 Å². The minimum Gasteiger partial charge on any atom is -0.310 e. The van der Waals surface area contributed by atoms with Crippen molar-refractivity contribution in [2.45, 2.75) is 32.1 Å². The quantitative estimate of drug-likeness (QED) is 0.152. The number of rotatable bonds is 8. The van der Waals surface area contributed by atoms with Gasteiger partial charge in [0.2, 0.25) is 0 Å². The van der Waals surface area contributed by atoms with Crippen molar-refractivity contribution in [2.24, 2.45) is 0 Å². The Hall–Kier alpha value is -7.53. The average Bonchev–Trinajstić information content (AvgIpc) is 4.04. The van der Waals surface area contributed by atoms with Crippen LogP contribution in [0.2, 0.25) is 0 Å². The average molecular weight is 840 g/mol. The van der Waals surface area contributed by atoms with E-state index in [4.69, 9.17) is 4.98 Å². The molecule has 0 saturated carbocycles. The third kappa shape index (κ3) is 6.12. The zero-order chi connectivity index (χ0) is 42.8. The lowest BCUT2D eigenvalue weighted by atomic mass is 9.65. The minimum atomic E-state index is -0.442. The van der Waals surface area contributed by atoms with Crippen molar-refractivity contribution in [1.29, 1.82) is 0 Å². The zero-order valence-electron chi connectivity index (χ0n) is 35.9. The highest BCUT2D eigenvalue weighted by Crippen LogP contribution is 2.58. The summed E-state index contributed by atoms with van der Waals surface area (Å²) < 4.78 is 3.58. The summed E-state index contributed by atoms with van der Waals surface area (Å²) in [6.07, 6.45) is 6.78. The summed E-state index contributed by atoms with van der Waals surface area (Å²) in [6.45, 7) is 4.37. The van der Waals surface area contributed by atoms with Crippen molar-refractivity contribution < 1.29 is 0 Å². The van der Waals surface area contributed by atoms with Crippen LogP contribution in [0.4, 0.5) is 17.1 Å². The molecule has 0 atom stereocenters. The lowest BCUT2D eigenvalue weighted by Gasteiger charge is -2.37. The van der Waals surface area contributed by atoms with Crippen LogP contribution in [-0.2, 0) is 5.41 Å². The predicted octanol–water partition coefficient (Wildman–Crippen LogP) is 16.1. The van der Waals surface area contributed by atoms with E-state index < -0.39 is 5.41 Å². The number of allylic oxidation sites excluding steroid dienone is 4. The van der Waals surface area contributed by atoms with Crippen LogP contribution in [-0.4, -0.2) is 9.55 Å². The molecule has 0 unspecified atom stereocenters. The number of thiophene rings is 1. The van der Waals surface area contributed by atoms with E-state index in [1.54, 1.807) is 11.3 Å². The smallest absolute Gasteiger partial charge is 0.145 e. The fourth-order valence-electron chi connectivity index (χ4n) is 10.4. The Bertz CT molecular complexity index is 3380. The van der Waals surface area contributed by atoms with Gasteiger partial charge in [0.1, 0.15) is 5.82 Å². The van der Waals surface area contributed by atoms with Crippen LogP contribution >= 0.6 is 11.3 Å². The highest BCUT2D eigenvalue weighted by atomic mass is 32.1. The number of imidazole rings is 1. The molecule has 4 heteroatoms. The second-order valence-corrected chi connectivity index (χ2v) is 18.1. The Morgan fingerprint density at radius 2 is 1.20 bits per heavy atom. The van der Waals surface area contributed by atoms with E-state index in [1.807, 2.05) is 0 Å². The molecule has 0 aliphatic heterocycles. The van der Waals surface area contributed by atoms with E-state index in [9.17, 15) is 0 Å². The van der Waals surface area contributed by atoms with Crippen molar-refractivity contribution in [1.82, 2.24) is 9.55 Å². The van der Waals surface area contributed by atoms with E-state index in [1.165, 1.54) is 65.7 Å². The number of hydrogen-bond donors (Lipinski definition) is 0. The van der Waals surface area contributed by atoms with Gasteiger partial charge in [0.15, 0.2) is 0 Å². The number of para-hydroxylation sites is 3. The van der Waals surface area contributed by atoms with E-state index >= 15 is 0 Å². The molecule has 306 valence electrons. The lowest BCUT2D eigenvalue weighted by molar-refractivity contribution is 0.696. The molecule has 0 bridgehead atoms. The first kappa shape index (κ1) is 38.2. The largest absolute Gasteiger partial charge is 0.310 e. The molecule has 2 heterocycles.